The molecule has 0 heterocycles. The van der Waals surface area contributed by atoms with Crippen molar-refractivity contribution in [1.29, 1.82) is 0 Å². The number of anilines is 2. The molecule has 0 saturated heterocycles. The molecule has 0 fully saturated rings. The normalized spacial score (nSPS) is 11.3. The molecule has 0 aliphatic carbocycles. The van der Waals surface area contributed by atoms with Crippen molar-refractivity contribution in [3.8, 4) is 0 Å². The predicted molar refractivity (Wildman–Crippen MR) is 89.3 cm³/mol. The van der Waals surface area contributed by atoms with E-state index in [-0.39, 0.29) is 4.90 Å². The fourth-order valence-corrected chi connectivity index (χ4v) is 3.51. The van der Waals surface area contributed by atoms with Crippen LogP contribution < -0.4 is 10.5 Å². The van der Waals surface area contributed by atoms with E-state index in [4.69, 9.17) is 5.73 Å². The molecular formula is C15H18N2O2S2. The fourth-order valence-electron chi connectivity index (χ4n) is 1.96. The molecular weight excluding hydrogens is 304 g/mol. The number of thioether (sulfide) groups is 1. The third kappa shape index (κ3) is 3.71. The van der Waals surface area contributed by atoms with Gasteiger partial charge in [-0.15, -0.1) is 11.8 Å². The first-order valence-corrected chi connectivity index (χ1v) is 9.22. The maximum Gasteiger partial charge on any atom is 0.261 e. The number of aryl methyl sites for hydroxylation is 1. The van der Waals surface area contributed by atoms with Gasteiger partial charge < -0.3 is 5.73 Å². The highest BCUT2D eigenvalue weighted by Crippen LogP contribution is 2.23. The molecule has 0 unspecified atom stereocenters. The number of hydrogen-bond donors (Lipinski definition) is 2. The van der Waals surface area contributed by atoms with Crippen LogP contribution in [-0.2, 0) is 16.4 Å². The lowest BCUT2D eigenvalue weighted by Gasteiger charge is -2.11. The molecule has 0 aromatic heterocycles. The average Bonchev–Trinajstić information content (AvgIpc) is 2.47. The standard InChI is InChI=1S/C15H18N2O2S2/c1-3-11-7-8-14(10-15(11)16)21(18,19)17-12-5-4-6-13(9-12)20-2/h4-10,17H,3,16H2,1-2H3. The van der Waals surface area contributed by atoms with E-state index in [9.17, 15) is 8.42 Å². The van der Waals surface area contributed by atoms with E-state index in [1.54, 1.807) is 36.0 Å². The van der Waals surface area contributed by atoms with Gasteiger partial charge in [0.05, 0.1) is 4.90 Å². The Bertz CT molecular complexity index is 743. The lowest BCUT2D eigenvalue weighted by atomic mass is 10.1. The second kappa shape index (κ2) is 6.41. The van der Waals surface area contributed by atoms with Crippen molar-refractivity contribution in [2.45, 2.75) is 23.1 Å². The van der Waals surface area contributed by atoms with Crippen LogP contribution in [0.25, 0.3) is 0 Å². The third-order valence-electron chi connectivity index (χ3n) is 3.13. The molecule has 0 aliphatic heterocycles. The van der Waals surface area contributed by atoms with Gasteiger partial charge in [-0.25, -0.2) is 8.42 Å². The van der Waals surface area contributed by atoms with E-state index in [0.29, 0.717) is 11.4 Å². The number of hydrogen-bond acceptors (Lipinski definition) is 4. The van der Waals surface area contributed by atoms with Crippen LogP contribution in [0.15, 0.2) is 52.3 Å². The Morgan fingerprint density at radius 3 is 2.57 bits per heavy atom. The SMILES string of the molecule is CCc1ccc(S(=O)(=O)Nc2cccc(SC)c2)cc1N. The van der Waals surface area contributed by atoms with Crippen LogP contribution >= 0.6 is 11.8 Å². The highest BCUT2D eigenvalue weighted by molar-refractivity contribution is 7.98. The number of rotatable bonds is 5. The van der Waals surface area contributed by atoms with Crippen LogP contribution in [0.1, 0.15) is 12.5 Å². The fraction of sp³-hybridized carbons (Fsp3) is 0.200. The Hall–Kier alpha value is -1.66. The van der Waals surface area contributed by atoms with Crippen LogP contribution in [0, 0.1) is 0 Å². The van der Waals surface area contributed by atoms with Gasteiger partial charge in [-0.1, -0.05) is 19.1 Å². The van der Waals surface area contributed by atoms with Gasteiger partial charge in [0.25, 0.3) is 10.0 Å². The summed E-state index contributed by atoms with van der Waals surface area (Å²) in [5.41, 5.74) is 7.85. The van der Waals surface area contributed by atoms with E-state index in [0.717, 1.165) is 16.9 Å². The van der Waals surface area contributed by atoms with E-state index >= 15 is 0 Å². The lowest BCUT2D eigenvalue weighted by molar-refractivity contribution is 0.601. The molecule has 0 spiro atoms. The molecule has 2 aromatic carbocycles. The van der Waals surface area contributed by atoms with Gasteiger partial charge >= 0.3 is 0 Å². The Morgan fingerprint density at radius 1 is 1.19 bits per heavy atom. The predicted octanol–water partition coefficient (Wildman–Crippen LogP) is 3.35. The summed E-state index contributed by atoms with van der Waals surface area (Å²) < 4.78 is 27.3. The molecule has 0 bridgehead atoms. The van der Waals surface area contributed by atoms with E-state index < -0.39 is 10.0 Å². The molecule has 3 N–H and O–H groups in total. The summed E-state index contributed by atoms with van der Waals surface area (Å²) in [6, 6.07) is 12.1. The van der Waals surface area contributed by atoms with Crippen molar-refractivity contribution in [2.75, 3.05) is 16.7 Å². The second-order valence-electron chi connectivity index (χ2n) is 4.55. The van der Waals surface area contributed by atoms with Gasteiger partial charge in [-0.05, 0) is 48.6 Å². The van der Waals surface area contributed by atoms with Gasteiger partial charge in [0.15, 0.2) is 0 Å². The summed E-state index contributed by atoms with van der Waals surface area (Å²) in [6.07, 6.45) is 2.72. The summed E-state index contributed by atoms with van der Waals surface area (Å²) >= 11 is 1.56. The average molecular weight is 322 g/mol. The smallest absolute Gasteiger partial charge is 0.261 e. The summed E-state index contributed by atoms with van der Waals surface area (Å²) in [5, 5.41) is 0. The zero-order chi connectivity index (χ0) is 15.5. The molecule has 0 atom stereocenters. The molecule has 0 radical (unpaired) electrons. The van der Waals surface area contributed by atoms with E-state index in [1.165, 1.54) is 6.07 Å². The largest absolute Gasteiger partial charge is 0.398 e. The summed E-state index contributed by atoms with van der Waals surface area (Å²) in [7, 11) is -3.63. The molecule has 0 saturated carbocycles. The zero-order valence-electron chi connectivity index (χ0n) is 12.0. The van der Waals surface area contributed by atoms with Gasteiger partial charge in [0.1, 0.15) is 0 Å². The lowest BCUT2D eigenvalue weighted by Crippen LogP contribution is -2.13. The van der Waals surface area contributed by atoms with Crippen molar-refractivity contribution in [3.63, 3.8) is 0 Å². The monoisotopic (exact) mass is 322 g/mol. The minimum atomic E-state index is -3.63. The van der Waals surface area contributed by atoms with E-state index in [1.807, 2.05) is 25.3 Å². The molecule has 2 rings (SSSR count). The van der Waals surface area contributed by atoms with Crippen molar-refractivity contribution < 1.29 is 8.42 Å². The number of sulfonamides is 1. The molecule has 0 aliphatic rings. The van der Waals surface area contributed by atoms with Crippen LogP contribution in [0.3, 0.4) is 0 Å². The molecule has 0 amide bonds. The van der Waals surface area contributed by atoms with Crippen LogP contribution in [0.5, 0.6) is 0 Å². The third-order valence-corrected chi connectivity index (χ3v) is 5.23. The molecule has 21 heavy (non-hydrogen) atoms. The molecule has 4 nitrogen and oxygen atoms in total. The topological polar surface area (TPSA) is 72.2 Å². The van der Waals surface area contributed by atoms with Crippen LogP contribution in [-0.4, -0.2) is 14.7 Å². The van der Waals surface area contributed by atoms with Crippen LogP contribution in [0.2, 0.25) is 0 Å². The first kappa shape index (κ1) is 15.7. The zero-order valence-corrected chi connectivity index (χ0v) is 13.6. The maximum absolute atomic E-state index is 12.4. The van der Waals surface area contributed by atoms with Crippen molar-refractivity contribution in [3.05, 3.63) is 48.0 Å². The maximum atomic E-state index is 12.4. The van der Waals surface area contributed by atoms with Crippen molar-refractivity contribution in [1.82, 2.24) is 0 Å². The Balaban J connectivity index is 2.31. The second-order valence-corrected chi connectivity index (χ2v) is 7.11. The Kier molecular flexibility index (Phi) is 4.80. The van der Waals surface area contributed by atoms with Gasteiger partial charge in [-0.3, -0.25) is 4.72 Å². The quantitative estimate of drug-likeness (QED) is 0.654. The Labute approximate surface area is 129 Å². The first-order valence-electron chi connectivity index (χ1n) is 6.51. The minimum absolute atomic E-state index is 0.173. The number of nitrogens with two attached hydrogens (primary N) is 1. The highest BCUT2D eigenvalue weighted by atomic mass is 32.2. The minimum Gasteiger partial charge on any atom is -0.398 e. The van der Waals surface area contributed by atoms with E-state index in [2.05, 4.69) is 4.72 Å². The van der Waals surface area contributed by atoms with Crippen LogP contribution in [0.4, 0.5) is 11.4 Å². The van der Waals surface area contributed by atoms with Crippen molar-refractivity contribution >= 4 is 33.2 Å². The van der Waals surface area contributed by atoms with Crippen molar-refractivity contribution in [2.24, 2.45) is 0 Å². The van der Waals surface area contributed by atoms with Gasteiger partial charge in [0.2, 0.25) is 0 Å². The highest BCUT2D eigenvalue weighted by Gasteiger charge is 2.15. The van der Waals surface area contributed by atoms with Gasteiger partial charge in [0, 0.05) is 16.3 Å². The molecule has 112 valence electrons. The molecule has 2 aromatic rings. The Morgan fingerprint density at radius 2 is 1.95 bits per heavy atom. The first-order chi connectivity index (χ1) is 9.96. The summed E-state index contributed by atoms with van der Waals surface area (Å²) in [5.74, 6) is 0. The summed E-state index contributed by atoms with van der Waals surface area (Å²) in [4.78, 5) is 1.17. The number of benzene rings is 2. The number of nitrogens with one attached hydrogen (secondary N) is 1. The molecule has 6 heteroatoms. The number of nitrogen functional groups attached to an aromatic ring is 1. The van der Waals surface area contributed by atoms with Gasteiger partial charge in [-0.2, -0.15) is 0 Å². The summed E-state index contributed by atoms with van der Waals surface area (Å²) in [6.45, 7) is 1.98.